The summed E-state index contributed by atoms with van der Waals surface area (Å²) in [7, 11) is 0. The van der Waals surface area contributed by atoms with E-state index in [0.29, 0.717) is 0 Å². The molecule has 0 unspecified atom stereocenters. The van der Waals surface area contributed by atoms with Gasteiger partial charge in [0, 0.05) is 66.4 Å². The van der Waals surface area contributed by atoms with E-state index >= 15 is 0 Å². The topological polar surface area (TPSA) is 6.48 Å². The first-order valence-corrected chi connectivity index (χ1v) is 40.6. The smallest absolute Gasteiger partial charge is 0.0543 e. The van der Waals surface area contributed by atoms with Gasteiger partial charge in [-0.05, 0) is 295 Å². The number of fused-ring (bicyclic) bond motifs is 18. The van der Waals surface area contributed by atoms with Crippen molar-refractivity contribution in [3.63, 3.8) is 0 Å². The van der Waals surface area contributed by atoms with Gasteiger partial charge in [-0.2, -0.15) is 0 Å². The Morgan fingerprint density at radius 1 is 0.208 bits per heavy atom. The van der Waals surface area contributed by atoms with Crippen LogP contribution in [0.15, 0.2) is 255 Å². The third kappa shape index (κ3) is 7.99. The summed E-state index contributed by atoms with van der Waals surface area (Å²) >= 11 is 0. The van der Waals surface area contributed by atoms with Crippen molar-refractivity contribution < 1.29 is 0 Å². The third-order valence-corrected chi connectivity index (χ3v) is 30.9. The second kappa shape index (κ2) is 21.5. The van der Waals surface area contributed by atoms with Gasteiger partial charge in [0.15, 0.2) is 0 Å². The first-order valence-electron chi connectivity index (χ1n) is 40.6. The number of anilines is 6. The van der Waals surface area contributed by atoms with Gasteiger partial charge in [0.05, 0.1) is 11.4 Å². The van der Waals surface area contributed by atoms with Gasteiger partial charge in [0.25, 0.3) is 0 Å². The molecule has 2 heteroatoms. The average molecular weight is 1370 g/mol. The molecule has 8 bridgehead atoms. The second-order valence-electron chi connectivity index (χ2n) is 37.1. The third-order valence-electron chi connectivity index (χ3n) is 30.9. The Labute approximate surface area is 627 Å². The van der Waals surface area contributed by atoms with Crippen molar-refractivity contribution in [3.8, 4) is 66.8 Å². The van der Waals surface area contributed by atoms with Crippen molar-refractivity contribution in [1.29, 1.82) is 0 Å². The van der Waals surface area contributed by atoms with E-state index in [2.05, 4.69) is 320 Å². The molecule has 2 nitrogen and oxygen atoms in total. The molecule has 12 aromatic carbocycles. The minimum absolute atomic E-state index is 0.0313. The van der Waals surface area contributed by atoms with E-state index in [1.807, 2.05) is 0 Å². The molecule has 12 aromatic rings. The number of benzene rings is 12. The molecule has 0 amide bonds. The lowest BCUT2D eigenvalue weighted by Crippen LogP contribution is -2.55. The average Bonchev–Trinajstić information content (AvgIpc) is 1.48. The molecule has 14 aliphatic rings. The van der Waals surface area contributed by atoms with E-state index in [0.717, 1.165) is 47.3 Å². The van der Waals surface area contributed by atoms with Crippen molar-refractivity contribution in [2.45, 2.75) is 152 Å². The van der Waals surface area contributed by atoms with Crippen LogP contribution >= 0.6 is 0 Å². The van der Waals surface area contributed by atoms with Gasteiger partial charge in [-0.1, -0.05) is 250 Å². The summed E-state index contributed by atoms with van der Waals surface area (Å²) in [5.74, 6) is 6.82. The molecule has 0 N–H and O–H groups in total. The van der Waals surface area contributed by atoms with Gasteiger partial charge >= 0.3 is 0 Å². The fourth-order valence-corrected chi connectivity index (χ4v) is 26.9. The van der Waals surface area contributed by atoms with Gasteiger partial charge in [-0.15, -0.1) is 0 Å². The first kappa shape index (κ1) is 62.4. The van der Waals surface area contributed by atoms with Crippen molar-refractivity contribution in [2.24, 2.45) is 47.3 Å². The summed E-state index contributed by atoms with van der Waals surface area (Å²) in [5.41, 5.74) is 42.2. The highest BCUT2D eigenvalue weighted by atomic mass is 15.2. The van der Waals surface area contributed by atoms with Crippen molar-refractivity contribution in [3.05, 3.63) is 322 Å². The van der Waals surface area contributed by atoms with Crippen LogP contribution in [0.25, 0.3) is 66.8 Å². The van der Waals surface area contributed by atoms with Gasteiger partial charge < -0.3 is 9.80 Å². The lowest BCUT2D eigenvalue weighted by Gasteiger charge is -2.61. The maximum Gasteiger partial charge on any atom is 0.0543 e. The molecule has 520 valence electrons. The molecule has 0 radical (unpaired) electrons. The molecule has 106 heavy (non-hydrogen) atoms. The summed E-state index contributed by atoms with van der Waals surface area (Å²) in [6.45, 7) is 19.2. The van der Waals surface area contributed by atoms with Crippen molar-refractivity contribution >= 4 is 34.1 Å². The molecule has 8 fully saturated rings. The van der Waals surface area contributed by atoms with E-state index in [1.54, 1.807) is 22.3 Å². The zero-order valence-electron chi connectivity index (χ0n) is 62.8. The van der Waals surface area contributed by atoms with Crippen LogP contribution < -0.4 is 9.80 Å². The fourth-order valence-electron chi connectivity index (χ4n) is 26.9. The number of hydrogen-bond donors (Lipinski definition) is 0. The molecule has 14 aliphatic carbocycles. The molecule has 2 spiro atoms. The van der Waals surface area contributed by atoms with Crippen LogP contribution in [0.2, 0.25) is 0 Å². The quantitative estimate of drug-likeness (QED) is 0.164. The van der Waals surface area contributed by atoms with Crippen LogP contribution in [0, 0.1) is 47.3 Å². The summed E-state index contributed by atoms with van der Waals surface area (Å²) in [5, 5.41) is 0. The molecule has 0 saturated heterocycles. The fraction of sp³-hybridized carbons (Fsp3) is 0.308. The van der Waals surface area contributed by atoms with Crippen LogP contribution in [0.3, 0.4) is 0 Å². The maximum atomic E-state index is 2.61. The van der Waals surface area contributed by atoms with Crippen LogP contribution in [-0.2, 0) is 32.5 Å². The van der Waals surface area contributed by atoms with Crippen LogP contribution in [0.1, 0.15) is 186 Å². The summed E-state index contributed by atoms with van der Waals surface area (Å²) in [6, 6.07) is 99.5. The summed E-state index contributed by atoms with van der Waals surface area (Å²) in [4.78, 5) is 5.22. The number of nitrogens with zero attached hydrogens (tertiary/aromatic N) is 2. The first-order chi connectivity index (χ1) is 51.5. The van der Waals surface area contributed by atoms with E-state index < -0.39 is 0 Å². The molecule has 0 heterocycles. The highest BCUT2D eigenvalue weighted by Gasteiger charge is 2.63. The van der Waals surface area contributed by atoms with E-state index in [4.69, 9.17) is 0 Å². The Hall–Kier alpha value is -9.76. The predicted octanol–water partition coefficient (Wildman–Crippen LogP) is 27.0. The lowest BCUT2D eigenvalue weighted by atomic mass is 9.43. The molecular weight excluding hydrogens is 1280 g/mol. The summed E-state index contributed by atoms with van der Waals surface area (Å²) in [6.07, 6.45) is 14.2. The Morgan fingerprint density at radius 3 is 0.868 bits per heavy atom. The van der Waals surface area contributed by atoms with E-state index in [9.17, 15) is 0 Å². The predicted molar refractivity (Wildman–Crippen MR) is 439 cm³/mol. The molecule has 0 atom stereocenters. The van der Waals surface area contributed by atoms with Crippen LogP contribution in [0.5, 0.6) is 0 Å². The maximum absolute atomic E-state index is 2.61. The summed E-state index contributed by atoms with van der Waals surface area (Å²) < 4.78 is 0. The van der Waals surface area contributed by atoms with Gasteiger partial charge in [0.1, 0.15) is 0 Å². The highest BCUT2D eigenvalue weighted by molar-refractivity contribution is 6.00. The number of hydrogen-bond acceptors (Lipinski definition) is 2. The SMILES string of the molecule is CC1(C)c2ccccc2-c2cc(N(c3ccc4c(c3)-c3ccccc3C43C4CC5CC(C4)CC3C5)c3cccc4c3-c3ccccc3C4(C)C)ccc21.CC1(C)c2ccccc2-c2ccc(N(c3ccc4c(c3)-c3ccccc3C43C4CC5CC(C4)CC3C5)c3cccc4c3-c3ccccc3C4(C)C)cc21. The Morgan fingerprint density at radius 2 is 0.462 bits per heavy atom. The minimum atomic E-state index is -0.0798. The zero-order chi connectivity index (χ0) is 70.9. The van der Waals surface area contributed by atoms with Crippen molar-refractivity contribution in [1.82, 2.24) is 0 Å². The van der Waals surface area contributed by atoms with E-state index in [1.165, 1.54) is 210 Å². The zero-order valence-corrected chi connectivity index (χ0v) is 62.8. The Bertz CT molecular complexity index is 5750. The van der Waals surface area contributed by atoms with Crippen molar-refractivity contribution in [2.75, 3.05) is 9.80 Å². The standard InChI is InChI=1S/2C52H47N/c1-50(2)43-16-9-7-14-40(43)49-46(50)18-11-19-48(49)53(36-20-22-39-37-12-5-8-15-42(37)51(3,4)47(39)30-36)35-21-23-45-41(29-35)38-13-6-10-17-44(38)52(45)33-25-31-24-32(27-33)28-34(52)26-31;1-50(2)42-15-8-5-12-37(42)40-29-35(20-22-44(40)50)53(48-19-11-18-47-49(48)39-14-7-9-16-43(39)51(47,3)4)36-21-23-46-41(30-36)38-13-6-10-17-45(38)52(46)33-25-31-24-32(27-33)28-34(52)26-31/h2*5-23,29-34H,24-28H2,1-4H3. The minimum Gasteiger partial charge on any atom is -0.310 e. The lowest BCUT2D eigenvalue weighted by molar-refractivity contribution is -0.0399. The second-order valence-corrected chi connectivity index (χ2v) is 37.1. The van der Waals surface area contributed by atoms with Gasteiger partial charge in [0.2, 0.25) is 0 Å². The molecular formula is C104H94N2. The Kier molecular flexibility index (Phi) is 12.7. The van der Waals surface area contributed by atoms with Gasteiger partial charge in [-0.3, -0.25) is 0 Å². The molecule has 0 aliphatic heterocycles. The molecule has 0 aromatic heterocycles. The van der Waals surface area contributed by atoms with Crippen LogP contribution in [-0.4, -0.2) is 0 Å². The van der Waals surface area contributed by atoms with Gasteiger partial charge in [-0.25, -0.2) is 0 Å². The largest absolute Gasteiger partial charge is 0.310 e. The number of rotatable bonds is 6. The Balaban J connectivity index is 0.000000129. The molecule has 26 rings (SSSR count). The normalized spacial score (nSPS) is 26.5. The monoisotopic (exact) mass is 1370 g/mol. The van der Waals surface area contributed by atoms with E-state index in [-0.39, 0.29) is 32.5 Å². The highest BCUT2D eigenvalue weighted by Crippen LogP contribution is 2.72. The molecule has 8 saturated carbocycles. The van der Waals surface area contributed by atoms with Crippen LogP contribution in [0.4, 0.5) is 34.1 Å².